The molecule has 0 heterocycles. The lowest BCUT2D eigenvalue weighted by Crippen LogP contribution is -2.24. The molecule has 0 bridgehead atoms. The van der Waals surface area contributed by atoms with Gasteiger partial charge in [-0.25, -0.2) is 0 Å². The molecule has 0 aliphatic rings. The lowest BCUT2D eigenvalue weighted by molar-refractivity contribution is -0.0135. The summed E-state index contributed by atoms with van der Waals surface area (Å²) < 4.78 is 11.9. The van der Waals surface area contributed by atoms with Gasteiger partial charge in [-0.05, 0) is 69.7 Å². The van der Waals surface area contributed by atoms with E-state index in [1.165, 1.54) is 167 Å². The molecule has 0 rings (SSSR count). The van der Waals surface area contributed by atoms with Crippen LogP contribution in [0.3, 0.4) is 0 Å². The molecule has 0 fully saturated rings. The monoisotopic (exact) mass is 618 g/mol. The van der Waals surface area contributed by atoms with Crippen LogP contribution in [0.4, 0.5) is 0 Å². The summed E-state index contributed by atoms with van der Waals surface area (Å²) >= 11 is 0. The summed E-state index contributed by atoms with van der Waals surface area (Å²) in [5.74, 6) is 0. The Bertz CT molecular complexity index is 645. The average molecular weight is 618 g/mol. The maximum atomic E-state index is 8.72. The Hall–Kier alpha value is -1.29. The molecule has 0 saturated carbocycles. The van der Waals surface area contributed by atoms with Crippen LogP contribution >= 0.6 is 0 Å². The minimum absolute atomic E-state index is 0.122. The van der Waals surface area contributed by atoms with Crippen LogP contribution in [0.2, 0.25) is 0 Å². The standard InChI is InChI=1S/C39H75N3O2/c1-3-5-7-9-11-13-15-17-19-21-23-25-27-29-31-33-35-43-38-39(37-41-42-40)44-36-34-32-30-28-26-24-22-20-18-16-14-12-10-8-6-4-2/h17-20,39H,3-16,21-38H2,1-2H3/b19-17-,20-18-. The fraction of sp³-hybridized carbons (Fsp3) is 0.897. The average Bonchev–Trinajstić information content (AvgIpc) is 3.04. The second-order valence-corrected chi connectivity index (χ2v) is 12.9. The summed E-state index contributed by atoms with van der Waals surface area (Å²) in [4.78, 5) is 2.91. The molecule has 0 amide bonds. The summed E-state index contributed by atoms with van der Waals surface area (Å²) in [6.45, 7) is 6.94. The van der Waals surface area contributed by atoms with Crippen LogP contribution in [0, 0.1) is 0 Å². The molecule has 0 aliphatic heterocycles. The molecule has 5 nitrogen and oxygen atoms in total. The van der Waals surface area contributed by atoms with Crippen LogP contribution in [-0.4, -0.2) is 32.5 Å². The van der Waals surface area contributed by atoms with E-state index in [9.17, 15) is 0 Å². The predicted molar refractivity (Wildman–Crippen MR) is 193 cm³/mol. The Kier molecular flexibility index (Phi) is 38.6. The number of azide groups is 1. The smallest absolute Gasteiger partial charge is 0.0864 e. The Labute approximate surface area is 275 Å². The van der Waals surface area contributed by atoms with E-state index in [2.05, 4.69) is 48.2 Å². The van der Waals surface area contributed by atoms with Crippen molar-refractivity contribution in [2.75, 3.05) is 26.4 Å². The number of unbranched alkanes of at least 4 members (excludes halogenated alkanes) is 24. The maximum absolute atomic E-state index is 8.72. The van der Waals surface area contributed by atoms with E-state index >= 15 is 0 Å². The molecular formula is C39H75N3O2. The van der Waals surface area contributed by atoms with Gasteiger partial charge >= 0.3 is 0 Å². The molecule has 1 atom stereocenters. The normalized spacial score (nSPS) is 12.4. The van der Waals surface area contributed by atoms with Gasteiger partial charge in [0.1, 0.15) is 0 Å². The third-order valence-corrected chi connectivity index (χ3v) is 8.46. The van der Waals surface area contributed by atoms with Crippen LogP contribution < -0.4 is 0 Å². The van der Waals surface area contributed by atoms with Gasteiger partial charge in [0.2, 0.25) is 0 Å². The molecular weight excluding hydrogens is 542 g/mol. The van der Waals surface area contributed by atoms with Crippen molar-refractivity contribution in [3.05, 3.63) is 34.7 Å². The molecule has 1 unspecified atom stereocenters. The van der Waals surface area contributed by atoms with Crippen molar-refractivity contribution in [2.24, 2.45) is 5.11 Å². The quantitative estimate of drug-likeness (QED) is 0.0229. The number of rotatable bonds is 37. The predicted octanol–water partition coefficient (Wildman–Crippen LogP) is 13.8. The van der Waals surface area contributed by atoms with E-state index in [-0.39, 0.29) is 6.10 Å². The zero-order valence-corrected chi connectivity index (χ0v) is 29.7. The van der Waals surface area contributed by atoms with Crippen molar-refractivity contribution in [1.29, 1.82) is 0 Å². The highest BCUT2D eigenvalue weighted by Crippen LogP contribution is 2.12. The lowest BCUT2D eigenvalue weighted by atomic mass is 10.1. The number of nitrogens with zero attached hydrogens (tertiary/aromatic N) is 3. The van der Waals surface area contributed by atoms with Crippen LogP contribution in [-0.2, 0) is 9.47 Å². The van der Waals surface area contributed by atoms with Gasteiger partial charge < -0.3 is 9.47 Å². The Balaban J connectivity index is 3.52. The molecule has 0 aromatic carbocycles. The summed E-state index contributed by atoms with van der Waals surface area (Å²) in [6, 6.07) is 0. The zero-order valence-electron chi connectivity index (χ0n) is 29.7. The third kappa shape index (κ3) is 36.9. The molecule has 0 aliphatic carbocycles. The number of ether oxygens (including phenoxy) is 2. The first-order valence-electron chi connectivity index (χ1n) is 19.3. The fourth-order valence-corrected chi connectivity index (χ4v) is 5.55. The second-order valence-electron chi connectivity index (χ2n) is 12.9. The summed E-state index contributed by atoms with van der Waals surface area (Å²) in [6.07, 6.45) is 46.2. The molecule has 0 spiro atoms. The molecule has 0 aromatic rings. The fourth-order valence-electron chi connectivity index (χ4n) is 5.55. The van der Waals surface area contributed by atoms with Crippen LogP contribution in [0.1, 0.15) is 194 Å². The van der Waals surface area contributed by atoms with Crippen molar-refractivity contribution >= 4 is 0 Å². The van der Waals surface area contributed by atoms with Crippen molar-refractivity contribution in [1.82, 2.24) is 0 Å². The minimum atomic E-state index is -0.122. The molecule has 0 N–H and O–H groups in total. The first-order chi connectivity index (χ1) is 21.8. The molecule has 0 radical (unpaired) electrons. The number of allylic oxidation sites excluding steroid dienone is 4. The van der Waals surface area contributed by atoms with Crippen LogP contribution in [0.5, 0.6) is 0 Å². The molecule has 0 aromatic heterocycles. The van der Waals surface area contributed by atoms with Gasteiger partial charge in [-0.15, -0.1) is 0 Å². The van der Waals surface area contributed by atoms with Crippen molar-refractivity contribution in [3.8, 4) is 0 Å². The molecule has 5 heteroatoms. The van der Waals surface area contributed by atoms with Gasteiger partial charge in [-0.1, -0.05) is 159 Å². The van der Waals surface area contributed by atoms with Gasteiger partial charge in [0, 0.05) is 18.1 Å². The molecule has 258 valence electrons. The zero-order chi connectivity index (χ0) is 31.9. The van der Waals surface area contributed by atoms with E-state index < -0.39 is 0 Å². The van der Waals surface area contributed by atoms with Gasteiger partial charge in [-0.2, -0.15) is 0 Å². The minimum Gasteiger partial charge on any atom is -0.379 e. The van der Waals surface area contributed by atoms with Crippen LogP contribution in [0.15, 0.2) is 29.4 Å². The van der Waals surface area contributed by atoms with E-state index in [0.717, 1.165) is 26.1 Å². The topological polar surface area (TPSA) is 67.2 Å². The third-order valence-electron chi connectivity index (χ3n) is 8.46. The molecule has 0 saturated heterocycles. The van der Waals surface area contributed by atoms with Crippen LogP contribution in [0.25, 0.3) is 10.4 Å². The second kappa shape index (κ2) is 39.7. The highest BCUT2D eigenvalue weighted by Gasteiger charge is 2.08. The highest BCUT2D eigenvalue weighted by molar-refractivity contribution is 4.82. The van der Waals surface area contributed by atoms with Crippen molar-refractivity contribution in [2.45, 2.75) is 200 Å². The van der Waals surface area contributed by atoms with E-state index in [4.69, 9.17) is 15.0 Å². The SMILES string of the molecule is CCCCCCCC/C=C\CCCCCCCCOCC(CN=[N+]=[N-])OCCCCCCCC/C=C\CCCCCCCC. The van der Waals surface area contributed by atoms with Gasteiger partial charge in [-0.3, -0.25) is 0 Å². The van der Waals surface area contributed by atoms with E-state index in [1.807, 2.05) is 0 Å². The van der Waals surface area contributed by atoms with E-state index in [0.29, 0.717) is 13.2 Å². The first-order valence-corrected chi connectivity index (χ1v) is 19.3. The van der Waals surface area contributed by atoms with E-state index in [1.54, 1.807) is 0 Å². The Morgan fingerprint density at radius 1 is 0.500 bits per heavy atom. The largest absolute Gasteiger partial charge is 0.379 e. The summed E-state index contributed by atoms with van der Waals surface area (Å²) in [5.41, 5.74) is 8.72. The Morgan fingerprint density at radius 3 is 1.27 bits per heavy atom. The van der Waals surface area contributed by atoms with Crippen molar-refractivity contribution < 1.29 is 9.47 Å². The maximum Gasteiger partial charge on any atom is 0.0864 e. The molecule has 44 heavy (non-hydrogen) atoms. The Morgan fingerprint density at radius 2 is 0.864 bits per heavy atom. The van der Waals surface area contributed by atoms with Gasteiger partial charge in [0.25, 0.3) is 0 Å². The van der Waals surface area contributed by atoms with Gasteiger partial charge in [0.05, 0.1) is 19.3 Å². The number of hydrogen-bond acceptors (Lipinski definition) is 3. The summed E-state index contributed by atoms with van der Waals surface area (Å²) in [5, 5.41) is 3.73. The van der Waals surface area contributed by atoms with Crippen molar-refractivity contribution in [3.63, 3.8) is 0 Å². The first kappa shape index (κ1) is 42.7. The highest BCUT2D eigenvalue weighted by atomic mass is 16.5. The number of hydrogen-bond donors (Lipinski definition) is 0. The lowest BCUT2D eigenvalue weighted by Gasteiger charge is -2.16. The van der Waals surface area contributed by atoms with Gasteiger partial charge in [0.15, 0.2) is 0 Å². The summed E-state index contributed by atoms with van der Waals surface area (Å²) in [7, 11) is 0.